The number of phenols is 1. The number of guanidine groups is 1. The standard InChI is InChI=1S/C17H15N5O3/c18-17(19)22-16-11-3-2-10(23)7-12(11)20-15(21-16)6-9-1-4-13-14(5-9)25-8-24-13/h1-5,7,23H,6,8H2,(H4,18,19,20,21,22)/p+1. The first-order valence-electron chi connectivity index (χ1n) is 7.65. The van der Waals surface area contributed by atoms with Gasteiger partial charge in [-0.1, -0.05) is 6.07 Å². The molecule has 0 amide bonds. The number of amidine groups is 2. The second kappa shape index (κ2) is 5.91. The van der Waals surface area contributed by atoms with Gasteiger partial charge in [-0.15, -0.1) is 0 Å². The third-order valence-electron chi connectivity index (χ3n) is 3.89. The number of quaternary nitrogens is 1. The highest BCUT2D eigenvalue weighted by atomic mass is 16.7. The maximum Gasteiger partial charge on any atom is 0.243 e. The minimum Gasteiger partial charge on any atom is -0.508 e. The van der Waals surface area contributed by atoms with Crippen molar-refractivity contribution in [1.82, 2.24) is 0 Å². The zero-order valence-electron chi connectivity index (χ0n) is 13.2. The second-order valence-electron chi connectivity index (χ2n) is 5.70. The van der Waals surface area contributed by atoms with E-state index >= 15 is 0 Å². The quantitative estimate of drug-likeness (QED) is 0.472. The fraction of sp³-hybridized carbons (Fsp3) is 0.118. The lowest BCUT2D eigenvalue weighted by atomic mass is 10.1. The van der Waals surface area contributed by atoms with Gasteiger partial charge in [0.05, 0.1) is 17.7 Å². The van der Waals surface area contributed by atoms with Crippen LogP contribution >= 0.6 is 0 Å². The van der Waals surface area contributed by atoms with Crippen LogP contribution in [0.2, 0.25) is 0 Å². The molecular formula is C17H16N5O3+. The number of rotatable bonds is 2. The van der Waals surface area contributed by atoms with Crippen molar-refractivity contribution < 1.29 is 19.9 Å². The summed E-state index contributed by atoms with van der Waals surface area (Å²) in [7, 11) is 0. The van der Waals surface area contributed by atoms with Crippen LogP contribution in [0.3, 0.4) is 0 Å². The van der Waals surface area contributed by atoms with E-state index < -0.39 is 0 Å². The van der Waals surface area contributed by atoms with E-state index in [1.165, 1.54) is 0 Å². The molecule has 0 radical (unpaired) electrons. The smallest absolute Gasteiger partial charge is 0.243 e. The van der Waals surface area contributed by atoms with Crippen LogP contribution in [0.5, 0.6) is 17.2 Å². The Labute approximate surface area is 143 Å². The first kappa shape index (κ1) is 15.2. The molecule has 2 aliphatic heterocycles. The van der Waals surface area contributed by atoms with Gasteiger partial charge in [0.1, 0.15) is 5.75 Å². The van der Waals surface area contributed by atoms with Gasteiger partial charge in [-0.2, -0.15) is 9.98 Å². The summed E-state index contributed by atoms with van der Waals surface area (Å²) in [5, 5.41) is 19.0. The first-order valence-corrected chi connectivity index (χ1v) is 7.65. The molecule has 25 heavy (non-hydrogen) atoms. The number of nitrogens with two attached hydrogens (primary N) is 2. The number of ether oxygens (including phenoxy) is 2. The van der Waals surface area contributed by atoms with E-state index in [9.17, 15) is 5.11 Å². The molecular weight excluding hydrogens is 322 g/mol. The van der Waals surface area contributed by atoms with E-state index in [0.29, 0.717) is 23.7 Å². The molecule has 0 saturated heterocycles. The lowest BCUT2D eigenvalue weighted by Crippen LogP contribution is -2.93. The van der Waals surface area contributed by atoms with Crippen molar-refractivity contribution >= 4 is 23.3 Å². The molecule has 8 heteroatoms. The molecule has 0 unspecified atom stereocenters. The minimum atomic E-state index is -0.283. The average molecular weight is 338 g/mol. The number of phenolic OH excluding ortho intramolecular Hbond substituents is 1. The van der Waals surface area contributed by atoms with E-state index in [4.69, 9.17) is 20.6 Å². The second-order valence-corrected chi connectivity index (χ2v) is 5.70. The van der Waals surface area contributed by atoms with Gasteiger partial charge < -0.3 is 20.3 Å². The van der Waals surface area contributed by atoms with Crippen molar-refractivity contribution in [2.45, 2.75) is 6.42 Å². The Kier molecular flexibility index (Phi) is 3.58. The molecule has 2 heterocycles. The summed E-state index contributed by atoms with van der Waals surface area (Å²) in [4.78, 5) is 8.66. The fourth-order valence-corrected chi connectivity index (χ4v) is 2.82. The van der Waals surface area contributed by atoms with Gasteiger partial charge >= 0.3 is 0 Å². The predicted molar refractivity (Wildman–Crippen MR) is 91.8 cm³/mol. The Bertz CT molecular complexity index is 936. The van der Waals surface area contributed by atoms with Gasteiger partial charge in [0.25, 0.3) is 0 Å². The average Bonchev–Trinajstić information content (AvgIpc) is 3.01. The number of nitrogens with zero attached hydrogens (tertiary/aromatic N) is 2. The number of fused-ring (bicyclic) bond motifs is 2. The van der Waals surface area contributed by atoms with Crippen LogP contribution in [0.25, 0.3) is 0 Å². The highest BCUT2D eigenvalue weighted by molar-refractivity contribution is 6.08. The Morgan fingerprint density at radius 2 is 2.08 bits per heavy atom. The predicted octanol–water partition coefficient (Wildman–Crippen LogP) is 0.611. The van der Waals surface area contributed by atoms with Crippen LogP contribution in [-0.4, -0.2) is 29.5 Å². The van der Waals surface area contributed by atoms with Gasteiger partial charge in [0.15, 0.2) is 11.5 Å². The summed E-state index contributed by atoms with van der Waals surface area (Å²) in [5.41, 5.74) is 7.75. The molecule has 0 bridgehead atoms. The normalized spacial score (nSPS) is 16.5. The molecule has 0 atom stereocenters. The highest BCUT2D eigenvalue weighted by Crippen LogP contribution is 2.33. The molecule has 0 aromatic heterocycles. The van der Waals surface area contributed by atoms with Crippen LogP contribution in [0.4, 0.5) is 5.69 Å². The Morgan fingerprint density at radius 3 is 2.92 bits per heavy atom. The summed E-state index contributed by atoms with van der Waals surface area (Å²) in [5.74, 6) is 2.57. The molecule has 8 nitrogen and oxygen atoms in total. The molecule has 0 aliphatic carbocycles. The monoisotopic (exact) mass is 338 g/mol. The molecule has 126 valence electrons. The fourth-order valence-electron chi connectivity index (χ4n) is 2.82. The third-order valence-corrected chi connectivity index (χ3v) is 3.89. The molecule has 4 rings (SSSR count). The van der Waals surface area contributed by atoms with E-state index in [1.54, 1.807) is 23.5 Å². The van der Waals surface area contributed by atoms with Gasteiger partial charge in [-0.05, 0) is 29.8 Å². The topological polar surface area (TPSA) is 130 Å². The number of nitrogens with one attached hydrogen (secondary N) is 1. The van der Waals surface area contributed by atoms with Crippen LogP contribution in [-0.2, 0) is 6.42 Å². The van der Waals surface area contributed by atoms with Crippen LogP contribution in [0.15, 0.2) is 46.4 Å². The summed E-state index contributed by atoms with van der Waals surface area (Å²) in [6.45, 7) is 0.230. The summed E-state index contributed by atoms with van der Waals surface area (Å²) >= 11 is 0. The van der Waals surface area contributed by atoms with Gasteiger partial charge in [-0.3, -0.25) is 10.7 Å². The molecule has 0 fully saturated rings. The zero-order valence-corrected chi connectivity index (χ0v) is 13.2. The molecule has 2 aliphatic rings. The SMILES string of the molecule is N=C(N)/N=C1\[NH2+]C(Cc2ccc3c(c2)OCO3)=Nc2cc(O)ccc21. The summed E-state index contributed by atoms with van der Waals surface area (Å²) in [6.07, 6.45) is 0.544. The lowest BCUT2D eigenvalue weighted by Gasteiger charge is -2.15. The Morgan fingerprint density at radius 1 is 1.24 bits per heavy atom. The molecule has 6 N–H and O–H groups in total. The summed E-state index contributed by atoms with van der Waals surface area (Å²) in [6, 6.07) is 10.6. The van der Waals surface area contributed by atoms with E-state index in [0.717, 1.165) is 22.7 Å². The minimum absolute atomic E-state index is 0.119. The van der Waals surface area contributed by atoms with Gasteiger partial charge in [-0.25, -0.2) is 0 Å². The number of aromatic hydroxyl groups is 1. The van der Waals surface area contributed by atoms with Crippen molar-refractivity contribution in [3.05, 3.63) is 47.5 Å². The van der Waals surface area contributed by atoms with E-state index in [1.807, 2.05) is 18.2 Å². The number of hydrogen-bond donors (Lipinski definition) is 4. The molecule has 0 saturated carbocycles. The van der Waals surface area contributed by atoms with Crippen LogP contribution in [0, 0.1) is 5.41 Å². The van der Waals surface area contributed by atoms with Crippen molar-refractivity contribution in [1.29, 1.82) is 5.41 Å². The maximum atomic E-state index is 9.72. The molecule has 2 aromatic rings. The lowest BCUT2D eigenvalue weighted by molar-refractivity contribution is -0.410. The third kappa shape index (κ3) is 3.02. The number of aliphatic imine (C=N–C) groups is 2. The van der Waals surface area contributed by atoms with Crippen molar-refractivity contribution in [3.63, 3.8) is 0 Å². The molecule has 0 spiro atoms. The number of benzene rings is 2. The van der Waals surface area contributed by atoms with Crippen molar-refractivity contribution in [2.75, 3.05) is 6.79 Å². The Hall–Kier alpha value is -3.39. The van der Waals surface area contributed by atoms with Gasteiger partial charge in [0.2, 0.25) is 24.4 Å². The first-order chi connectivity index (χ1) is 12.1. The summed E-state index contributed by atoms with van der Waals surface area (Å²) < 4.78 is 10.7. The maximum absolute atomic E-state index is 9.72. The van der Waals surface area contributed by atoms with E-state index in [2.05, 4.69) is 9.98 Å². The largest absolute Gasteiger partial charge is 0.508 e. The highest BCUT2D eigenvalue weighted by Gasteiger charge is 2.24. The van der Waals surface area contributed by atoms with Gasteiger partial charge in [0, 0.05) is 6.07 Å². The van der Waals surface area contributed by atoms with E-state index in [-0.39, 0.29) is 18.5 Å². The van der Waals surface area contributed by atoms with Crippen molar-refractivity contribution in [3.8, 4) is 17.2 Å². The Balaban J connectivity index is 1.69. The van der Waals surface area contributed by atoms with Crippen molar-refractivity contribution in [2.24, 2.45) is 15.7 Å². The zero-order chi connectivity index (χ0) is 17.4. The number of hydrogen-bond acceptors (Lipinski definition) is 5. The molecule has 2 aromatic carbocycles. The van der Waals surface area contributed by atoms with Crippen LogP contribution in [0.1, 0.15) is 11.1 Å². The van der Waals surface area contributed by atoms with Crippen LogP contribution < -0.4 is 20.5 Å².